The molecule has 0 radical (unpaired) electrons. The smallest absolute Gasteiger partial charge is 0.323 e. The van der Waals surface area contributed by atoms with Crippen LogP contribution < -0.4 is 20.3 Å². The van der Waals surface area contributed by atoms with Crippen molar-refractivity contribution < 1.29 is 19.1 Å². The van der Waals surface area contributed by atoms with Gasteiger partial charge < -0.3 is 34.8 Å². The number of esters is 1. The first kappa shape index (κ1) is 32.7. The molecule has 3 atom stereocenters. The monoisotopic (exact) mass is 660 g/mol. The number of methoxy groups -OCH3 is 1. The van der Waals surface area contributed by atoms with Gasteiger partial charge in [0.2, 0.25) is 5.91 Å². The van der Waals surface area contributed by atoms with E-state index in [2.05, 4.69) is 52.1 Å². The Balaban J connectivity index is 1.29. The number of likely N-dealkylation sites (tertiary alicyclic amines) is 1. The molecule has 0 aliphatic carbocycles. The molecule has 1 amide bonds. The van der Waals surface area contributed by atoms with Crippen molar-refractivity contribution in [3.63, 3.8) is 0 Å². The van der Waals surface area contributed by atoms with Crippen LogP contribution in [0.15, 0.2) is 36.4 Å². The van der Waals surface area contributed by atoms with Crippen LogP contribution in [0, 0.1) is 11.3 Å². The zero-order valence-electron chi connectivity index (χ0n) is 26.9. The van der Waals surface area contributed by atoms with Crippen molar-refractivity contribution in [3.8, 4) is 12.1 Å². The molecule has 3 aliphatic rings. The number of nitriles is 1. The van der Waals surface area contributed by atoms with Crippen LogP contribution in [-0.2, 0) is 27.3 Å². The third-order valence-electron chi connectivity index (χ3n) is 9.60. The fraction of sp³-hybridized carbons (Fsp3) is 0.500. The molecule has 47 heavy (non-hydrogen) atoms. The van der Waals surface area contributed by atoms with E-state index in [1.807, 2.05) is 12.1 Å². The Bertz CT molecular complexity index is 1680. The van der Waals surface area contributed by atoms with E-state index in [9.17, 15) is 14.9 Å². The van der Waals surface area contributed by atoms with E-state index in [1.165, 1.54) is 7.11 Å². The molecule has 12 nitrogen and oxygen atoms in total. The van der Waals surface area contributed by atoms with Gasteiger partial charge >= 0.3 is 12.0 Å². The molecule has 3 aliphatic heterocycles. The standard InChI is InChI=1S/C34H41ClN8O4/c1-40-14-5-8-24(40)21-47-34-38-28-20-41(29-10-4-7-22-6-3-9-26(35)31(22)29)15-12-25(28)32(39-34)42-16-17-43(23(19-42)11-13-36)30(44)18-27(37)33(45)46-2/h3-4,6-7,9-10,23-24,27H,5,8,11-12,14-21,37H2,1-2H3/t23-,24-,27-/m0/s1. The SMILES string of the molecule is COC(=O)[C@@H](N)CC(=O)N1CCN(c2nc(OC[C@@H]3CCCN3C)nc3c2CCN(c2cccc4cccc(Cl)c24)C3)C[C@@H]1CC#N. The molecule has 4 heterocycles. The van der Waals surface area contributed by atoms with Crippen molar-refractivity contribution >= 4 is 45.8 Å². The van der Waals surface area contributed by atoms with Crippen LogP contribution in [0.4, 0.5) is 11.5 Å². The van der Waals surface area contributed by atoms with Crippen molar-refractivity contribution in [1.29, 1.82) is 5.26 Å². The molecule has 3 aromatic rings. The lowest BCUT2D eigenvalue weighted by molar-refractivity contribution is -0.146. The van der Waals surface area contributed by atoms with Crippen LogP contribution in [0.3, 0.4) is 0 Å². The molecule has 0 unspecified atom stereocenters. The fourth-order valence-electron chi connectivity index (χ4n) is 7.02. The van der Waals surface area contributed by atoms with Crippen LogP contribution in [0.25, 0.3) is 10.8 Å². The highest BCUT2D eigenvalue weighted by Crippen LogP contribution is 2.37. The van der Waals surface area contributed by atoms with Gasteiger partial charge in [0.05, 0.1) is 49.3 Å². The number of nitrogens with zero attached hydrogens (tertiary/aromatic N) is 7. The van der Waals surface area contributed by atoms with Gasteiger partial charge in [-0.25, -0.2) is 0 Å². The summed E-state index contributed by atoms with van der Waals surface area (Å²) < 4.78 is 11.0. The second-order valence-corrected chi connectivity index (χ2v) is 12.9. The van der Waals surface area contributed by atoms with Gasteiger partial charge in [-0.1, -0.05) is 35.9 Å². The molecule has 248 valence electrons. The molecule has 2 saturated heterocycles. The van der Waals surface area contributed by atoms with E-state index in [-0.39, 0.29) is 18.7 Å². The number of halogens is 1. The van der Waals surface area contributed by atoms with Crippen molar-refractivity contribution in [2.24, 2.45) is 5.73 Å². The maximum absolute atomic E-state index is 13.2. The number of hydrogen-bond donors (Lipinski definition) is 1. The second kappa shape index (κ2) is 14.3. The molecule has 2 fully saturated rings. The Labute approximate surface area is 280 Å². The number of carbonyl (C=O) groups excluding carboxylic acids is 2. The van der Waals surface area contributed by atoms with Crippen LogP contribution in [-0.4, -0.2) is 103 Å². The second-order valence-electron chi connectivity index (χ2n) is 12.5. The molecule has 0 bridgehead atoms. The lowest BCUT2D eigenvalue weighted by Gasteiger charge is -2.42. The molecule has 0 spiro atoms. The first-order chi connectivity index (χ1) is 22.8. The molecule has 2 N–H and O–H groups in total. The van der Waals surface area contributed by atoms with E-state index in [1.54, 1.807) is 4.90 Å². The summed E-state index contributed by atoms with van der Waals surface area (Å²) >= 11 is 6.71. The zero-order chi connectivity index (χ0) is 33.1. The van der Waals surface area contributed by atoms with Gasteiger partial charge in [0.1, 0.15) is 18.5 Å². The summed E-state index contributed by atoms with van der Waals surface area (Å²) in [6.45, 7) is 4.10. The van der Waals surface area contributed by atoms with Gasteiger partial charge in [-0.3, -0.25) is 9.59 Å². The highest BCUT2D eigenvalue weighted by atomic mass is 35.5. The molecule has 1 aromatic heterocycles. The van der Waals surface area contributed by atoms with Gasteiger partial charge in [0.15, 0.2) is 0 Å². The van der Waals surface area contributed by atoms with Gasteiger partial charge in [-0.15, -0.1) is 0 Å². The fourth-order valence-corrected chi connectivity index (χ4v) is 7.30. The highest BCUT2D eigenvalue weighted by molar-refractivity contribution is 6.36. The molecule has 0 saturated carbocycles. The van der Waals surface area contributed by atoms with Gasteiger partial charge in [0.25, 0.3) is 0 Å². The first-order valence-corrected chi connectivity index (χ1v) is 16.5. The maximum Gasteiger partial charge on any atom is 0.323 e. The summed E-state index contributed by atoms with van der Waals surface area (Å²) in [6, 6.07) is 13.6. The normalized spacial score (nSPS) is 20.5. The zero-order valence-corrected chi connectivity index (χ0v) is 27.7. The number of fused-ring (bicyclic) bond motifs is 2. The van der Waals surface area contributed by atoms with Crippen molar-refractivity contribution in [1.82, 2.24) is 19.8 Å². The lowest BCUT2D eigenvalue weighted by atomic mass is 10.0. The first-order valence-electron chi connectivity index (χ1n) is 16.2. The average molecular weight is 661 g/mol. The summed E-state index contributed by atoms with van der Waals surface area (Å²) in [7, 11) is 3.36. The van der Waals surface area contributed by atoms with Crippen molar-refractivity contribution in [2.45, 2.75) is 56.8 Å². The quantitative estimate of drug-likeness (QED) is 0.339. The number of ether oxygens (including phenoxy) is 2. The summed E-state index contributed by atoms with van der Waals surface area (Å²) in [5, 5.41) is 12.5. The van der Waals surface area contributed by atoms with Crippen molar-refractivity contribution in [3.05, 3.63) is 52.7 Å². The van der Waals surface area contributed by atoms with E-state index in [4.69, 9.17) is 36.8 Å². The van der Waals surface area contributed by atoms with Crippen LogP contribution in [0.5, 0.6) is 6.01 Å². The van der Waals surface area contributed by atoms with Crippen LogP contribution >= 0.6 is 11.6 Å². The number of hydrogen-bond acceptors (Lipinski definition) is 11. The predicted molar refractivity (Wildman–Crippen MR) is 179 cm³/mol. The van der Waals surface area contributed by atoms with E-state index in [0.717, 1.165) is 59.5 Å². The van der Waals surface area contributed by atoms with Gasteiger partial charge in [-0.05, 0) is 50.4 Å². The molecule has 6 rings (SSSR count). The topological polar surface area (TPSA) is 141 Å². The predicted octanol–water partition coefficient (Wildman–Crippen LogP) is 3.14. The average Bonchev–Trinajstić information content (AvgIpc) is 3.50. The third-order valence-corrected chi connectivity index (χ3v) is 9.91. The number of nitrogens with two attached hydrogens (primary N) is 1. The Hall–Kier alpha value is -4.18. The number of carbonyl (C=O) groups is 2. The minimum atomic E-state index is -1.06. The minimum absolute atomic E-state index is 0.135. The molecule has 13 heteroatoms. The van der Waals surface area contributed by atoms with E-state index >= 15 is 0 Å². The number of benzene rings is 2. The molecule has 2 aromatic carbocycles. The minimum Gasteiger partial charge on any atom is -0.468 e. The summed E-state index contributed by atoms with van der Waals surface area (Å²) in [5.74, 6) is -0.138. The highest BCUT2D eigenvalue weighted by Gasteiger charge is 2.35. The molecular weight excluding hydrogens is 620 g/mol. The summed E-state index contributed by atoms with van der Waals surface area (Å²) in [5.41, 5.74) is 8.88. The number of amides is 1. The Morgan fingerprint density at radius 1 is 1.11 bits per heavy atom. The van der Waals surface area contributed by atoms with Crippen molar-refractivity contribution in [2.75, 3.05) is 63.3 Å². The maximum atomic E-state index is 13.2. The molecular formula is C34H41ClN8O4. The number of likely N-dealkylation sites (N-methyl/N-ethyl adjacent to an activating group) is 1. The third kappa shape index (κ3) is 6.93. The summed E-state index contributed by atoms with van der Waals surface area (Å²) in [6.07, 6.45) is 2.86. The number of aromatic nitrogens is 2. The van der Waals surface area contributed by atoms with E-state index in [0.29, 0.717) is 56.3 Å². The van der Waals surface area contributed by atoms with Gasteiger partial charge in [0, 0.05) is 48.9 Å². The Kier molecular flexibility index (Phi) is 9.96. The Morgan fingerprint density at radius 3 is 2.66 bits per heavy atom. The number of piperazine rings is 1. The summed E-state index contributed by atoms with van der Waals surface area (Å²) in [4.78, 5) is 43.4. The largest absolute Gasteiger partial charge is 0.468 e. The number of rotatable bonds is 9. The Morgan fingerprint density at radius 2 is 1.91 bits per heavy atom. The van der Waals surface area contributed by atoms with Crippen LogP contribution in [0.1, 0.15) is 36.9 Å². The number of anilines is 2. The lowest BCUT2D eigenvalue weighted by Crippen LogP contribution is -2.56. The van der Waals surface area contributed by atoms with E-state index < -0.39 is 18.1 Å². The van der Waals surface area contributed by atoms with Crippen LogP contribution in [0.2, 0.25) is 5.02 Å². The van der Waals surface area contributed by atoms with Gasteiger partial charge in [-0.2, -0.15) is 15.2 Å².